The molecule has 2 heterocycles. The maximum atomic E-state index is 2.71. The SMILES string of the molecule is Cc1cc2c3c(c1)N(c1cc4c(cc1C)C(C)(C)CC4(C)C)c1cc4c(cc1B3c1ccc(-c3ccccc3)cc1N2c1ccc2c(c1)C(C)(C)CC2(C)C)C(C)(C)CC4(C)C. The van der Waals surface area contributed by atoms with Crippen molar-refractivity contribution in [2.75, 3.05) is 9.80 Å². The molecule has 0 fully saturated rings. The van der Waals surface area contributed by atoms with Crippen LogP contribution in [0.2, 0.25) is 0 Å². The zero-order valence-electron chi connectivity index (χ0n) is 39.9. The van der Waals surface area contributed by atoms with Crippen LogP contribution in [0.4, 0.5) is 34.1 Å². The maximum Gasteiger partial charge on any atom is 0.252 e. The summed E-state index contributed by atoms with van der Waals surface area (Å²) in [5.74, 6) is 0. The van der Waals surface area contributed by atoms with Crippen LogP contribution in [-0.2, 0) is 32.5 Å². The lowest BCUT2D eigenvalue weighted by molar-refractivity contribution is 0.402. The summed E-state index contributed by atoms with van der Waals surface area (Å²) in [6.07, 6.45) is 3.43. The third kappa shape index (κ3) is 5.48. The molecule has 314 valence electrons. The second kappa shape index (κ2) is 12.4. The van der Waals surface area contributed by atoms with Crippen molar-refractivity contribution in [1.29, 1.82) is 0 Å². The Morgan fingerprint density at radius 2 is 0.887 bits per heavy atom. The van der Waals surface area contributed by atoms with E-state index in [4.69, 9.17) is 0 Å². The molecule has 11 rings (SSSR count). The predicted molar refractivity (Wildman–Crippen MR) is 267 cm³/mol. The van der Waals surface area contributed by atoms with Gasteiger partial charge in [-0.15, -0.1) is 0 Å². The highest BCUT2D eigenvalue weighted by Crippen LogP contribution is 2.56. The average molecular weight is 813 g/mol. The molecule has 5 aliphatic rings. The van der Waals surface area contributed by atoms with E-state index < -0.39 is 0 Å². The second-order valence-corrected chi connectivity index (χ2v) is 24.2. The molecule has 0 bridgehead atoms. The summed E-state index contributed by atoms with van der Waals surface area (Å²) in [5, 5.41) is 0. The highest BCUT2D eigenvalue weighted by Gasteiger charge is 2.50. The zero-order valence-corrected chi connectivity index (χ0v) is 39.9. The molecule has 62 heavy (non-hydrogen) atoms. The van der Waals surface area contributed by atoms with Crippen molar-refractivity contribution in [2.24, 2.45) is 0 Å². The van der Waals surface area contributed by atoms with Gasteiger partial charge in [0, 0.05) is 34.1 Å². The van der Waals surface area contributed by atoms with E-state index in [2.05, 4.69) is 210 Å². The number of anilines is 6. The van der Waals surface area contributed by atoms with E-state index in [1.165, 1.54) is 106 Å². The van der Waals surface area contributed by atoms with Gasteiger partial charge in [0.25, 0.3) is 6.71 Å². The van der Waals surface area contributed by atoms with Crippen molar-refractivity contribution < 1.29 is 0 Å². The molecule has 0 spiro atoms. The highest BCUT2D eigenvalue weighted by atomic mass is 15.2. The lowest BCUT2D eigenvalue weighted by Gasteiger charge is -2.45. The molecular formula is C59H65BN2. The van der Waals surface area contributed by atoms with E-state index in [0.29, 0.717) is 0 Å². The van der Waals surface area contributed by atoms with E-state index >= 15 is 0 Å². The van der Waals surface area contributed by atoms with E-state index in [1.807, 2.05) is 0 Å². The minimum Gasteiger partial charge on any atom is -0.311 e. The number of rotatable bonds is 3. The van der Waals surface area contributed by atoms with Gasteiger partial charge in [-0.3, -0.25) is 0 Å². The first-order chi connectivity index (χ1) is 29.0. The van der Waals surface area contributed by atoms with Crippen molar-refractivity contribution in [3.05, 3.63) is 148 Å². The van der Waals surface area contributed by atoms with Crippen LogP contribution in [0.25, 0.3) is 11.1 Å². The van der Waals surface area contributed by atoms with Crippen LogP contribution in [0.15, 0.2) is 103 Å². The number of aryl methyl sites for hydroxylation is 2. The molecule has 2 aliphatic heterocycles. The maximum absolute atomic E-state index is 2.71. The van der Waals surface area contributed by atoms with Gasteiger partial charge >= 0.3 is 0 Å². The minimum absolute atomic E-state index is 0.0678. The Kier molecular flexibility index (Phi) is 7.94. The molecular weight excluding hydrogens is 747 g/mol. The fourth-order valence-electron chi connectivity index (χ4n) is 14.4. The predicted octanol–water partition coefficient (Wildman–Crippen LogP) is 13.9. The number of benzene rings is 6. The van der Waals surface area contributed by atoms with Gasteiger partial charge in [-0.05, 0) is 180 Å². The van der Waals surface area contributed by atoms with Gasteiger partial charge in [0.1, 0.15) is 0 Å². The summed E-state index contributed by atoms with van der Waals surface area (Å²) < 4.78 is 0. The fourth-order valence-corrected chi connectivity index (χ4v) is 14.4. The molecule has 0 saturated carbocycles. The average Bonchev–Trinajstić information content (AvgIpc) is 3.59. The van der Waals surface area contributed by atoms with E-state index in [1.54, 1.807) is 0 Å². The molecule has 0 aromatic heterocycles. The summed E-state index contributed by atoms with van der Waals surface area (Å²) in [6.45, 7) is 34.2. The molecule has 0 atom stereocenters. The first kappa shape index (κ1) is 39.8. The monoisotopic (exact) mass is 813 g/mol. The molecule has 3 aliphatic carbocycles. The Hall–Kier alpha value is -5.02. The minimum atomic E-state index is 0.0678. The number of hydrogen-bond acceptors (Lipinski definition) is 2. The summed E-state index contributed by atoms with van der Waals surface area (Å²) in [6, 6.07) is 41.3. The van der Waals surface area contributed by atoms with Crippen molar-refractivity contribution in [2.45, 2.75) is 149 Å². The quantitative estimate of drug-likeness (QED) is 0.164. The van der Waals surface area contributed by atoms with Crippen LogP contribution in [0.1, 0.15) is 147 Å². The summed E-state index contributed by atoms with van der Waals surface area (Å²) >= 11 is 0. The van der Waals surface area contributed by atoms with Crippen molar-refractivity contribution in [1.82, 2.24) is 0 Å². The molecule has 2 nitrogen and oxygen atoms in total. The Morgan fingerprint density at radius 1 is 0.387 bits per heavy atom. The van der Waals surface area contributed by atoms with E-state index in [0.717, 1.165) is 19.3 Å². The molecule has 0 unspecified atom stereocenters. The Morgan fingerprint density at radius 3 is 1.50 bits per heavy atom. The third-order valence-electron chi connectivity index (χ3n) is 16.3. The summed E-state index contributed by atoms with van der Waals surface area (Å²) in [5.41, 5.74) is 26.7. The van der Waals surface area contributed by atoms with Gasteiger partial charge < -0.3 is 9.80 Å². The Balaban J connectivity index is 1.25. The number of nitrogens with zero attached hydrogens (tertiary/aromatic N) is 2. The molecule has 0 saturated heterocycles. The zero-order chi connectivity index (χ0) is 43.8. The first-order valence-corrected chi connectivity index (χ1v) is 23.4. The fraction of sp³-hybridized carbons (Fsp3) is 0.390. The van der Waals surface area contributed by atoms with Crippen LogP contribution in [0.5, 0.6) is 0 Å². The van der Waals surface area contributed by atoms with Crippen LogP contribution >= 0.6 is 0 Å². The molecule has 0 amide bonds. The van der Waals surface area contributed by atoms with Gasteiger partial charge in [0.15, 0.2) is 0 Å². The van der Waals surface area contributed by atoms with Crippen LogP contribution < -0.4 is 26.2 Å². The Labute approximate surface area is 372 Å². The normalized spacial score (nSPS) is 20.6. The molecule has 0 N–H and O–H groups in total. The molecule has 6 aromatic carbocycles. The molecule has 3 heteroatoms. The van der Waals surface area contributed by atoms with E-state index in [-0.39, 0.29) is 39.2 Å². The van der Waals surface area contributed by atoms with Crippen LogP contribution in [0.3, 0.4) is 0 Å². The molecule has 0 radical (unpaired) electrons. The summed E-state index contributed by atoms with van der Waals surface area (Å²) in [7, 11) is 0. The number of fused-ring (bicyclic) bond motifs is 7. The van der Waals surface area contributed by atoms with Gasteiger partial charge in [0.05, 0.1) is 0 Å². The van der Waals surface area contributed by atoms with Crippen LogP contribution in [0, 0.1) is 13.8 Å². The van der Waals surface area contributed by atoms with Gasteiger partial charge in [0.2, 0.25) is 0 Å². The number of hydrogen-bond donors (Lipinski definition) is 0. The molecule has 6 aromatic rings. The highest BCUT2D eigenvalue weighted by molar-refractivity contribution is 7.00. The van der Waals surface area contributed by atoms with Gasteiger partial charge in [-0.2, -0.15) is 0 Å². The largest absolute Gasteiger partial charge is 0.311 e. The van der Waals surface area contributed by atoms with Crippen molar-refractivity contribution >= 4 is 57.2 Å². The lowest BCUT2D eigenvalue weighted by Crippen LogP contribution is -2.61. The third-order valence-corrected chi connectivity index (χ3v) is 16.3. The smallest absolute Gasteiger partial charge is 0.252 e. The van der Waals surface area contributed by atoms with Crippen molar-refractivity contribution in [3.8, 4) is 11.1 Å². The van der Waals surface area contributed by atoms with E-state index in [9.17, 15) is 0 Å². The second-order valence-electron chi connectivity index (χ2n) is 24.2. The lowest BCUT2D eigenvalue weighted by atomic mass is 9.33. The Bertz CT molecular complexity index is 2920. The first-order valence-electron chi connectivity index (χ1n) is 23.4. The summed E-state index contributed by atoms with van der Waals surface area (Å²) in [4.78, 5) is 5.36. The standard InChI is InChI=1S/C59H65BN2/c1-35-24-51-53-52(25-35)62(48-30-44-41(26-36(48)2)55(5,6)33-58(44,11)12)50-31-45-43(57(9,10)34-59(45,13)14)29-47(50)60(53)46-23-20-38(37-18-16-15-17-19-37)27-49(46)61(51)39-21-22-40-42(28-39)56(7,8)32-54(40,3)4/h15-31H,32-34H2,1-14H3. The topological polar surface area (TPSA) is 6.48 Å². The van der Waals surface area contributed by atoms with Gasteiger partial charge in [-0.1, -0.05) is 144 Å². The van der Waals surface area contributed by atoms with Crippen molar-refractivity contribution in [3.63, 3.8) is 0 Å². The van der Waals surface area contributed by atoms with Gasteiger partial charge in [-0.25, -0.2) is 0 Å². The van der Waals surface area contributed by atoms with Crippen LogP contribution in [-0.4, -0.2) is 6.71 Å².